The summed E-state index contributed by atoms with van der Waals surface area (Å²) in [7, 11) is 0. The van der Waals surface area contributed by atoms with Crippen LogP contribution in [-0.2, 0) is 0 Å². The molecule has 0 aliphatic heterocycles. The van der Waals surface area contributed by atoms with E-state index >= 15 is 0 Å². The van der Waals surface area contributed by atoms with Gasteiger partial charge in [0, 0.05) is 11.1 Å². The minimum absolute atomic E-state index is 0.121. The lowest BCUT2D eigenvalue weighted by Gasteiger charge is -1.98. The Morgan fingerprint density at radius 1 is 0.382 bits per heavy atom. The Balaban J connectivity index is 0.000000453. The van der Waals surface area contributed by atoms with Gasteiger partial charge in [0.1, 0.15) is 0 Å². The average molecular weight is 455 g/mol. The zero-order valence-corrected chi connectivity index (χ0v) is 21.4. The van der Waals surface area contributed by atoms with Crippen LogP contribution < -0.4 is 0 Å². The van der Waals surface area contributed by atoms with Gasteiger partial charge in [-0.2, -0.15) is 0 Å². The first-order valence-electron chi connectivity index (χ1n) is 11.8. The predicted molar refractivity (Wildman–Crippen MR) is 147 cm³/mol. The molecule has 0 aliphatic carbocycles. The van der Waals surface area contributed by atoms with Crippen LogP contribution in [0, 0.1) is 0 Å². The van der Waals surface area contributed by atoms with Gasteiger partial charge in [-0.15, -0.1) is 0 Å². The lowest BCUT2D eigenvalue weighted by atomic mass is 10.1. The second-order valence-corrected chi connectivity index (χ2v) is 6.58. The summed E-state index contributed by atoms with van der Waals surface area (Å²) in [6.45, 7) is 11.1. The molecule has 0 N–H and O–H groups in total. The highest BCUT2D eigenvalue weighted by molar-refractivity contribution is 5.94. The van der Waals surface area contributed by atoms with E-state index in [1.165, 1.54) is 11.1 Å². The maximum atomic E-state index is 10.6. The molecule has 4 aromatic rings. The molecule has 0 aromatic heterocycles. The zero-order valence-electron chi connectivity index (χ0n) is 21.4. The SMILES string of the molecule is CC.CC.CC(=O)c1ccccc1.CC(=O)c1ccccc1.c1ccc(-c2ccccc2)cc1. The molecule has 2 nitrogen and oxygen atoms in total. The molecule has 0 spiro atoms. The lowest BCUT2D eigenvalue weighted by Crippen LogP contribution is -1.88. The number of rotatable bonds is 3. The summed E-state index contributed by atoms with van der Waals surface area (Å²) in [4.78, 5) is 21.3. The van der Waals surface area contributed by atoms with Crippen molar-refractivity contribution in [3.63, 3.8) is 0 Å². The van der Waals surface area contributed by atoms with E-state index in [1.54, 1.807) is 13.8 Å². The zero-order chi connectivity index (χ0) is 25.6. The summed E-state index contributed by atoms with van der Waals surface area (Å²) >= 11 is 0. The second kappa shape index (κ2) is 19.9. The van der Waals surface area contributed by atoms with Crippen LogP contribution in [0.1, 0.15) is 62.3 Å². The maximum Gasteiger partial charge on any atom is 0.159 e. The van der Waals surface area contributed by atoms with Crippen molar-refractivity contribution in [1.29, 1.82) is 0 Å². The van der Waals surface area contributed by atoms with E-state index in [1.807, 2.05) is 100 Å². The summed E-state index contributed by atoms with van der Waals surface area (Å²) in [6, 6.07) is 39.2. The van der Waals surface area contributed by atoms with Crippen LogP contribution in [0.3, 0.4) is 0 Å². The van der Waals surface area contributed by atoms with E-state index in [9.17, 15) is 9.59 Å². The Labute approximate surface area is 206 Å². The third-order valence-corrected chi connectivity index (χ3v) is 4.24. The minimum atomic E-state index is 0.121. The normalized spacial score (nSPS) is 8.53. The Bertz CT molecular complexity index is 923. The third kappa shape index (κ3) is 12.9. The van der Waals surface area contributed by atoms with Crippen molar-refractivity contribution in [3.05, 3.63) is 132 Å². The van der Waals surface area contributed by atoms with Crippen molar-refractivity contribution in [2.24, 2.45) is 0 Å². The van der Waals surface area contributed by atoms with Crippen molar-refractivity contribution in [1.82, 2.24) is 0 Å². The van der Waals surface area contributed by atoms with E-state index in [0.29, 0.717) is 0 Å². The number of carbonyl (C=O) groups is 2. The topological polar surface area (TPSA) is 34.1 Å². The molecule has 0 radical (unpaired) electrons. The van der Waals surface area contributed by atoms with E-state index in [0.717, 1.165) is 11.1 Å². The third-order valence-electron chi connectivity index (χ3n) is 4.24. The van der Waals surface area contributed by atoms with Crippen molar-refractivity contribution in [3.8, 4) is 11.1 Å². The van der Waals surface area contributed by atoms with Gasteiger partial charge in [0.2, 0.25) is 0 Å². The Morgan fingerprint density at radius 3 is 0.765 bits per heavy atom. The van der Waals surface area contributed by atoms with Gasteiger partial charge in [-0.3, -0.25) is 9.59 Å². The van der Waals surface area contributed by atoms with Crippen LogP contribution >= 0.6 is 0 Å². The van der Waals surface area contributed by atoms with Crippen molar-refractivity contribution in [2.45, 2.75) is 41.5 Å². The molecule has 0 heterocycles. The number of ketones is 2. The number of hydrogen-bond donors (Lipinski definition) is 0. The van der Waals surface area contributed by atoms with Gasteiger partial charge in [0.05, 0.1) is 0 Å². The standard InChI is InChI=1S/C12H10.2C8H8O.2C2H6/c1-3-7-11(8-4-1)12-9-5-2-6-10-12;2*1-7(9)8-5-3-2-4-6-8;2*1-2/h1-10H;2*2-6H,1H3;2*1-2H3. The minimum Gasteiger partial charge on any atom is -0.295 e. The summed E-state index contributed by atoms with van der Waals surface area (Å²) in [6.07, 6.45) is 0. The molecule has 0 atom stereocenters. The predicted octanol–water partition coefficient (Wildman–Crippen LogP) is 9.18. The van der Waals surface area contributed by atoms with Crippen LogP contribution in [0.4, 0.5) is 0 Å². The fourth-order valence-electron chi connectivity index (χ4n) is 2.61. The molecule has 2 heteroatoms. The fraction of sp³-hybridized carbons (Fsp3) is 0.188. The quantitative estimate of drug-likeness (QED) is 0.289. The molecule has 178 valence electrons. The maximum absolute atomic E-state index is 10.6. The number of hydrogen-bond acceptors (Lipinski definition) is 2. The van der Waals surface area contributed by atoms with E-state index in [2.05, 4.69) is 48.5 Å². The van der Waals surface area contributed by atoms with Crippen molar-refractivity contribution < 1.29 is 9.59 Å². The lowest BCUT2D eigenvalue weighted by molar-refractivity contribution is 0.100. The van der Waals surface area contributed by atoms with E-state index < -0.39 is 0 Å². The largest absolute Gasteiger partial charge is 0.295 e. The molecule has 0 saturated carbocycles. The fourth-order valence-corrected chi connectivity index (χ4v) is 2.61. The van der Waals surface area contributed by atoms with Crippen LogP contribution in [0.15, 0.2) is 121 Å². The van der Waals surface area contributed by atoms with Gasteiger partial charge >= 0.3 is 0 Å². The highest BCUT2D eigenvalue weighted by atomic mass is 16.1. The molecular formula is C32H38O2. The van der Waals surface area contributed by atoms with Gasteiger partial charge in [-0.25, -0.2) is 0 Å². The van der Waals surface area contributed by atoms with E-state index in [-0.39, 0.29) is 11.6 Å². The van der Waals surface area contributed by atoms with Gasteiger partial charge < -0.3 is 0 Å². The van der Waals surface area contributed by atoms with Gasteiger partial charge in [0.25, 0.3) is 0 Å². The van der Waals surface area contributed by atoms with E-state index in [4.69, 9.17) is 0 Å². The van der Waals surface area contributed by atoms with Gasteiger partial charge in [0.15, 0.2) is 11.6 Å². The molecule has 0 fully saturated rings. The first-order valence-corrected chi connectivity index (χ1v) is 11.8. The van der Waals surface area contributed by atoms with Crippen molar-refractivity contribution >= 4 is 11.6 Å². The first-order chi connectivity index (χ1) is 16.6. The molecule has 34 heavy (non-hydrogen) atoms. The molecular weight excluding hydrogens is 416 g/mol. The molecule has 0 aliphatic rings. The van der Waals surface area contributed by atoms with Crippen LogP contribution in [0.25, 0.3) is 11.1 Å². The summed E-state index contributed by atoms with van der Waals surface area (Å²) in [5.41, 5.74) is 4.10. The number of Topliss-reactive ketones (excluding diaryl/α,β-unsaturated/α-hetero) is 2. The summed E-state index contributed by atoms with van der Waals surface area (Å²) in [5, 5.41) is 0. The molecule has 4 rings (SSSR count). The van der Waals surface area contributed by atoms with Crippen LogP contribution in [0.2, 0.25) is 0 Å². The molecule has 0 bridgehead atoms. The first kappa shape index (κ1) is 30.2. The highest BCUT2D eigenvalue weighted by Gasteiger charge is 1.94. The number of carbonyl (C=O) groups excluding carboxylic acids is 2. The molecule has 0 saturated heterocycles. The summed E-state index contributed by atoms with van der Waals surface area (Å²) in [5.74, 6) is 0.242. The smallest absolute Gasteiger partial charge is 0.159 e. The van der Waals surface area contributed by atoms with Gasteiger partial charge in [-0.05, 0) is 25.0 Å². The molecule has 4 aromatic carbocycles. The molecule has 0 amide bonds. The highest BCUT2D eigenvalue weighted by Crippen LogP contribution is 2.17. The number of benzene rings is 4. The van der Waals surface area contributed by atoms with Crippen molar-refractivity contribution in [2.75, 3.05) is 0 Å². The Kier molecular flexibility index (Phi) is 17.7. The molecule has 0 unspecified atom stereocenters. The Hall–Kier alpha value is -3.78. The Morgan fingerprint density at radius 2 is 0.588 bits per heavy atom. The second-order valence-electron chi connectivity index (χ2n) is 6.58. The van der Waals surface area contributed by atoms with Gasteiger partial charge in [-0.1, -0.05) is 149 Å². The monoisotopic (exact) mass is 454 g/mol. The summed E-state index contributed by atoms with van der Waals surface area (Å²) < 4.78 is 0. The van der Waals surface area contributed by atoms with Crippen LogP contribution in [0.5, 0.6) is 0 Å². The average Bonchev–Trinajstić information content (AvgIpc) is 2.94. The van der Waals surface area contributed by atoms with Crippen LogP contribution in [-0.4, -0.2) is 11.6 Å².